The highest BCUT2D eigenvalue weighted by Crippen LogP contribution is 2.31. The Morgan fingerprint density at radius 2 is 1.75 bits per heavy atom. The lowest BCUT2D eigenvalue weighted by molar-refractivity contribution is -0.130. The number of hydrogen-bond donors (Lipinski definition) is 1. The van der Waals surface area contributed by atoms with Gasteiger partial charge in [0.25, 0.3) is 5.89 Å². The minimum absolute atomic E-state index is 0.0924. The molecule has 5 rings (SSSR count). The lowest BCUT2D eigenvalue weighted by Crippen LogP contribution is -2.38. The molecule has 2 aliphatic rings. The zero-order valence-electron chi connectivity index (χ0n) is 17.9. The molecule has 1 aliphatic heterocycles. The molecule has 7 nitrogen and oxygen atoms in total. The van der Waals surface area contributed by atoms with Gasteiger partial charge in [0.15, 0.2) is 0 Å². The van der Waals surface area contributed by atoms with Gasteiger partial charge in [0, 0.05) is 24.6 Å². The van der Waals surface area contributed by atoms with Crippen molar-refractivity contribution in [1.29, 1.82) is 0 Å². The van der Waals surface area contributed by atoms with Gasteiger partial charge in [-0.2, -0.15) is 4.98 Å². The van der Waals surface area contributed by atoms with E-state index in [1.165, 1.54) is 6.42 Å². The summed E-state index contributed by atoms with van der Waals surface area (Å²) in [5.41, 5.74) is 2.12. The highest BCUT2D eigenvalue weighted by Gasteiger charge is 2.38. The number of carbonyl (C=O) groups excluding carboxylic acids is 2. The number of carbonyl (C=O) groups is 2. The molecular weight excluding hydrogens is 404 g/mol. The Hall–Kier alpha value is -3.48. The number of benzene rings is 2. The van der Waals surface area contributed by atoms with E-state index in [9.17, 15) is 9.59 Å². The first kappa shape index (κ1) is 20.4. The quantitative estimate of drug-likeness (QED) is 0.643. The molecule has 2 aromatic carbocycles. The maximum atomic E-state index is 13.0. The Bertz CT molecular complexity index is 1110. The second kappa shape index (κ2) is 8.94. The van der Waals surface area contributed by atoms with Crippen molar-refractivity contribution >= 4 is 17.5 Å². The van der Waals surface area contributed by atoms with E-state index in [0.29, 0.717) is 29.5 Å². The van der Waals surface area contributed by atoms with Gasteiger partial charge in [0.1, 0.15) is 0 Å². The Morgan fingerprint density at radius 3 is 2.56 bits per heavy atom. The monoisotopic (exact) mass is 430 g/mol. The van der Waals surface area contributed by atoms with Crippen molar-refractivity contribution in [3.8, 4) is 22.8 Å². The molecule has 1 unspecified atom stereocenters. The second-order valence-corrected chi connectivity index (χ2v) is 8.56. The Morgan fingerprint density at radius 1 is 1.00 bits per heavy atom. The van der Waals surface area contributed by atoms with E-state index in [1.54, 1.807) is 0 Å². The summed E-state index contributed by atoms with van der Waals surface area (Å²) in [7, 11) is 0. The predicted octanol–water partition coefficient (Wildman–Crippen LogP) is 4.52. The third kappa shape index (κ3) is 4.15. The Kier molecular flexibility index (Phi) is 5.71. The molecule has 2 heterocycles. The van der Waals surface area contributed by atoms with Crippen LogP contribution in [-0.4, -0.2) is 39.4 Å². The molecule has 1 N–H and O–H groups in total. The highest BCUT2D eigenvalue weighted by atomic mass is 16.5. The van der Waals surface area contributed by atoms with Gasteiger partial charge in [-0.05, 0) is 25.0 Å². The fourth-order valence-electron chi connectivity index (χ4n) is 4.70. The van der Waals surface area contributed by atoms with Crippen molar-refractivity contribution in [2.75, 3.05) is 11.9 Å². The molecule has 1 saturated carbocycles. The molecule has 32 heavy (non-hydrogen) atoms. The normalized spacial score (nSPS) is 19.3. The van der Waals surface area contributed by atoms with Crippen LogP contribution < -0.4 is 5.32 Å². The molecule has 1 aliphatic carbocycles. The van der Waals surface area contributed by atoms with Crippen molar-refractivity contribution in [2.45, 2.75) is 44.6 Å². The zero-order chi connectivity index (χ0) is 21.9. The van der Waals surface area contributed by atoms with E-state index >= 15 is 0 Å². The van der Waals surface area contributed by atoms with E-state index in [0.717, 1.165) is 31.2 Å². The van der Waals surface area contributed by atoms with Crippen molar-refractivity contribution in [3.05, 3.63) is 54.6 Å². The maximum absolute atomic E-state index is 13.0. The summed E-state index contributed by atoms with van der Waals surface area (Å²) in [6.45, 7) is 0.496. The third-order valence-electron chi connectivity index (χ3n) is 6.42. The second-order valence-electron chi connectivity index (χ2n) is 8.56. The number of aromatic nitrogens is 2. The van der Waals surface area contributed by atoms with Gasteiger partial charge in [0.2, 0.25) is 17.6 Å². The lowest BCUT2D eigenvalue weighted by Gasteiger charge is -2.31. The molecule has 3 aromatic rings. The van der Waals surface area contributed by atoms with Crippen LogP contribution in [0.3, 0.4) is 0 Å². The first-order valence-electron chi connectivity index (χ1n) is 11.3. The van der Waals surface area contributed by atoms with Crippen LogP contribution in [0.25, 0.3) is 22.8 Å². The van der Waals surface area contributed by atoms with Crippen molar-refractivity contribution < 1.29 is 14.1 Å². The SMILES string of the molecule is O=C(Nc1ccccc1-c1nc(-c2ccccc2)no1)C1CC(=O)N(C2CCCCC2)C1. The van der Waals surface area contributed by atoms with E-state index in [-0.39, 0.29) is 30.2 Å². The lowest BCUT2D eigenvalue weighted by atomic mass is 9.94. The number of rotatable bonds is 5. The van der Waals surface area contributed by atoms with Crippen LogP contribution in [0.15, 0.2) is 59.1 Å². The van der Waals surface area contributed by atoms with Crippen molar-refractivity contribution in [3.63, 3.8) is 0 Å². The summed E-state index contributed by atoms with van der Waals surface area (Å²) in [5.74, 6) is 0.430. The minimum atomic E-state index is -0.347. The molecule has 0 radical (unpaired) electrons. The van der Waals surface area contributed by atoms with E-state index in [1.807, 2.05) is 59.5 Å². The summed E-state index contributed by atoms with van der Waals surface area (Å²) in [6.07, 6.45) is 5.92. The summed E-state index contributed by atoms with van der Waals surface area (Å²) in [5, 5.41) is 7.08. The summed E-state index contributed by atoms with van der Waals surface area (Å²) < 4.78 is 5.49. The predicted molar refractivity (Wildman–Crippen MR) is 120 cm³/mol. The number of amides is 2. The smallest absolute Gasteiger partial charge is 0.260 e. The van der Waals surface area contributed by atoms with Gasteiger partial charge >= 0.3 is 0 Å². The molecule has 2 fully saturated rings. The Balaban J connectivity index is 1.31. The maximum Gasteiger partial charge on any atom is 0.260 e. The number of nitrogens with one attached hydrogen (secondary N) is 1. The molecule has 2 amide bonds. The number of hydrogen-bond acceptors (Lipinski definition) is 5. The van der Waals surface area contributed by atoms with Gasteiger partial charge in [-0.1, -0.05) is 66.9 Å². The number of nitrogens with zero attached hydrogens (tertiary/aromatic N) is 3. The summed E-state index contributed by atoms with van der Waals surface area (Å²) in [4.78, 5) is 32.1. The average Bonchev–Trinajstić information content (AvgIpc) is 3.48. The van der Waals surface area contributed by atoms with Gasteiger partial charge in [-0.15, -0.1) is 0 Å². The fraction of sp³-hybridized carbons (Fsp3) is 0.360. The summed E-state index contributed by atoms with van der Waals surface area (Å²) >= 11 is 0. The Labute approximate surface area is 186 Å². The topological polar surface area (TPSA) is 88.3 Å². The van der Waals surface area contributed by atoms with Gasteiger partial charge < -0.3 is 14.7 Å². The van der Waals surface area contributed by atoms with Crippen LogP contribution in [-0.2, 0) is 9.59 Å². The van der Waals surface area contributed by atoms with Gasteiger partial charge in [0.05, 0.1) is 17.2 Å². The van der Waals surface area contributed by atoms with Gasteiger partial charge in [-0.3, -0.25) is 9.59 Å². The third-order valence-corrected chi connectivity index (χ3v) is 6.42. The zero-order valence-corrected chi connectivity index (χ0v) is 17.9. The molecular formula is C25H26N4O3. The van der Waals surface area contributed by atoms with Crippen LogP contribution in [0, 0.1) is 5.92 Å². The largest absolute Gasteiger partial charge is 0.339 e. The number of anilines is 1. The first-order chi connectivity index (χ1) is 15.7. The molecule has 1 saturated heterocycles. The van der Waals surface area contributed by atoms with E-state index in [2.05, 4.69) is 15.5 Å². The van der Waals surface area contributed by atoms with Gasteiger partial charge in [-0.25, -0.2) is 0 Å². The highest BCUT2D eigenvalue weighted by molar-refractivity contribution is 5.99. The molecule has 0 bridgehead atoms. The average molecular weight is 431 g/mol. The van der Waals surface area contributed by atoms with E-state index < -0.39 is 0 Å². The number of likely N-dealkylation sites (tertiary alicyclic amines) is 1. The number of para-hydroxylation sites is 1. The van der Waals surface area contributed by atoms with E-state index in [4.69, 9.17) is 4.52 Å². The van der Waals surface area contributed by atoms with Crippen LogP contribution in [0.2, 0.25) is 0 Å². The molecule has 1 aromatic heterocycles. The molecule has 1 atom stereocenters. The fourth-order valence-corrected chi connectivity index (χ4v) is 4.70. The molecule has 0 spiro atoms. The van der Waals surface area contributed by atoms with Crippen LogP contribution in [0.1, 0.15) is 38.5 Å². The molecule has 7 heteroatoms. The van der Waals surface area contributed by atoms with Crippen LogP contribution >= 0.6 is 0 Å². The van der Waals surface area contributed by atoms with Crippen LogP contribution in [0.4, 0.5) is 5.69 Å². The van der Waals surface area contributed by atoms with Crippen molar-refractivity contribution in [2.24, 2.45) is 5.92 Å². The summed E-state index contributed by atoms with van der Waals surface area (Å²) in [6, 6.07) is 17.2. The standard InChI is InChI=1S/C25H26N4O3/c30-22-15-18(16-29(22)19-11-5-2-6-12-19)24(31)26-21-14-8-7-13-20(21)25-27-23(28-32-25)17-9-3-1-4-10-17/h1,3-4,7-10,13-14,18-19H,2,5-6,11-12,15-16H2,(H,26,31). The molecule has 164 valence electrons. The first-order valence-corrected chi connectivity index (χ1v) is 11.3. The minimum Gasteiger partial charge on any atom is -0.339 e. The van der Waals surface area contributed by atoms with Crippen molar-refractivity contribution in [1.82, 2.24) is 15.0 Å². The van der Waals surface area contributed by atoms with Crippen LogP contribution in [0.5, 0.6) is 0 Å².